The standard InChI is InChI=1S/C9H16N2O3S/c1-6-5-14-7(4-12)3-11(6)9(13)2-8(10)15/h6-7,12H,2-5H2,1H3,(H2,10,15). The van der Waals surface area contributed by atoms with Gasteiger partial charge in [0.25, 0.3) is 0 Å². The van der Waals surface area contributed by atoms with Crippen LogP contribution in [0.3, 0.4) is 0 Å². The van der Waals surface area contributed by atoms with E-state index < -0.39 is 0 Å². The molecule has 0 spiro atoms. The predicted molar refractivity (Wildman–Crippen MR) is 59.4 cm³/mol. The molecule has 1 amide bonds. The van der Waals surface area contributed by atoms with Crippen LogP contribution in [0, 0.1) is 0 Å². The van der Waals surface area contributed by atoms with Gasteiger partial charge in [0.15, 0.2) is 0 Å². The van der Waals surface area contributed by atoms with Crippen molar-refractivity contribution in [2.24, 2.45) is 5.73 Å². The highest BCUT2D eigenvalue weighted by atomic mass is 32.1. The zero-order chi connectivity index (χ0) is 11.4. The van der Waals surface area contributed by atoms with Gasteiger partial charge in [0, 0.05) is 6.54 Å². The fraction of sp³-hybridized carbons (Fsp3) is 0.778. The lowest BCUT2D eigenvalue weighted by Gasteiger charge is -2.37. The quantitative estimate of drug-likeness (QED) is 0.628. The molecule has 1 saturated heterocycles. The van der Waals surface area contributed by atoms with E-state index in [0.717, 1.165) is 0 Å². The van der Waals surface area contributed by atoms with Gasteiger partial charge in [-0.1, -0.05) is 12.2 Å². The third-order valence-corrected chi connectivity index (χ3v) is 2.50. The fourth-order valence-corrected chi connectivity index (χ4v) is 1.65. The Morgan fingerprint density at radius 1 is 1.73 bits per heavy atom. The molecule has 15 heavy (non-hydrogen) atoms. The second-order valence-corrected chi connectivity index (χ2v) is 4.20. The number of rotatable bonds is 3. The number of hydrogen-bond acceptors (Lipinski definition) is 4. The number of ether oxygens (including phenoxy) is 1. The number of aliphatic hydroxyl groups is 1. The number of carbonyl (C=O) groups is 1. The first-order valence-corrected chi connectivity index (χ1v) is 5.25. The van der Waals surface area contributed by atoms with Crippen molar-refractivity contribution in [3.63, 3.8) is 0 Å². The summed E-state index contributed by atoms with van der Waals surface area (Å²) in [5.41, 5.74) is 5.32. The molecule has 1 aliphatic rings. The highest BCUT2D eigenvalue weighted by Gasteiger charge is 2.29. The highest BCUT2D eigenvalue weighted by molar-refractivity contribution is 7.80. The Hall–Kier alpha value is -0.720. The number of aliphatic hydroxyl groups excluding tert-OH is 1. The van der Waals surface area contributed by atoms with Gasteiger partial charge >= 0.3 is 0 Å². The molecule has 0 bridgehead atoms. The third kappa shape index (κ3) is 3.40. The van der Waals surface area contributed by atoms with Crippen LogP contribution in [0.1, 0.15) is 13.3 Å². The molecule has 3 N–H and O–H groups in total. The van der Waals surface area contributed by atoms with Crippen LogP contribution in [0.25, 0.3) is 0 Å². The maximum atomic E-state index is 11.7. The maximum absolute atomic E-state index is 11.7. The Labute approximate surface area is 94.2 Å². The van der Waals surface area contributed by atoms with Crippen molar-refractivity contribution >= 4 is 23.1 Å². The van der Waals surface area contributed by atoms with E-state index in [1.54, 1.807) is 4.90 Å². The molecule has 6 heteroatoms. The number of carbonyl (C=O) groups excluding carboxylic acids is 1. The Morgan fingerprint density at radius 2 is 2.40 bits per heavy atom. The smallest absolute Gasteiger partial charge is 0.229 e. The lowest BCUT2D eigenvalue weighted by Crippen LogP contribution is -2.52. The molecule has 1 rings (SSSR count). The number of thiocarbonyl (C=S) groups is 1. The lowest BCUT2D eigenvalue weighted by molar-refractivity contribution is -0.144. The van der Waals surface area contributed by atoms with Gasteiger partial charge in [-0.25, -0.2) is 0 Å². The molecule has 0 aromatic carbocycles. The average Bonchev–Trinajstić information content (AvgIpc) is 2.17. The summed E-state index contributed by atoms with van der Waals surface area (Å²) in [6.07, 6.45) is -0.214. The second kappa shape index (κ2) is 5.39. The van der Waals surface area contributed by atoms with E-state index in [9.17, 15) is 4.79 Å². The Balaban J connectivity index is 2.57. The zero-order valence-corrected chi connectivity index (χ0v) is 9.50. The van der Waals surface area contributed by atoms with E-state index in [1.165, 1.54) is 0 Å². The molecule has 2 atom stereocenters. The molecule has 2 unspecified atom stereocenters. The average molecular weight is 232 g/mol. The van der Waals surface area contributed by atoms with Crippen LogP contribution in [0.5, 0.6) is 0 Å². The van der Waals surface area contributed by atoms with Crippen LogP contribution >= 0.6 is 12.2 Å². The van der Waals surface area contributed by atoms with Crippen molar-refractivity contribution in [2.75, 3.05) is 19.8 Å². The first kappa shape index (κ1) is 12.4. The van der Waals surface area contributed by atoms with Crippen molar-refractivity contribution in [3.8, 4) is 0 Å². The van der Waals surface area contributed by atoms with E-state index in [4.69, 9.17) is 15.6 Å². The number of morpholine rings is 1. The van der Waals surface area contributed by atoms with Crippen LogP contribution in [0.4, 0.5) is 0 Å². The highest BCUT2D eigenvalue weighted by Crippen LogP contribution is 2.12. The first-order valence-electron chi connectivity index (χ1n) is 4.84. The fourth-order valence-electron chi connectivity index (χ4n) is 1.53. The summed E-state index contributed by atoms with van der Waals surface area (Å²) in [5, 5.41) is 8.95. The summed E-state index contributed by atoms with van der Waals surface area (Å²) in [5.74, 6) is -0.100. The van der Waals surface area contributed by atoms with E-state index in [2.05, 4.69) is 12.2 Å². The predicted octanol–water partition coefficient (Wildman–Crippen LogP) is -0.729. The van der Waals surface area contributed by atoms with E-state index in [0.29, 0.717) is 13.2 Å². The van der Waals surface area contributed by atoms with Gasteiger partial charge in [-0.05, 0) is 6.92 Å². The zero-order valence-electron chi connectivity index (χ0n) is 8.68. The van der Waals surface area contributed by atoms with Gasteiger partial charge in [-0.3, -0.25) is 4.79 Å². The molecule has 0 aromatic rings. The molecule has 1 aliphatic heterocycles. The van der Waals surface area contributed by atoms with Crippen LogP contribution in [-0.2, 0) is 9.53 Å². The van der Waals surface area contributed by atoms with Crippen molar-refractivity contribution in [2.45, 2.75) is 25.5 Å². The summed E-state index contributed by atoms with van der Waals surface area (Å²) >= 11 is 4.69. The third-order valence-electron chi connectivity index (χ3n) is 2.35. The van der Waals surface area contributed by atoms with Crippen molar-refractivity contribution < 1.29 is 14.6 Å². The number of nitrogens with zero attached hydrogens (tertiary/aromatic N) is 1. The lowest BCUT2D eigenvalue weighted by atomic mass is 10.2. The monoisotopic (exact) mass is 232 g/mol. The topological polar surface area (TPSA) is 75.8 Å². The summed E-state index contributed by atoms with van der Waals surface area (Å²) in [6.45, 7) is 2.65. The normalized spacial score (nSPS) is 26.4. The van der Waals surface area contributed by atoms with Crippen molar-refractivity contribution in [1.82, 2.24) is 4.90 Å². The van der Waals surface area contributed by atoms with Crippen LogP contribution < -0.4 is 5.73 Å². The van der Waals surface area contributed by atoms with Crippen LogP contribution in [0.15, 0.2) is 0 Å². The minimum absolute atomic E-state index is 0.00894. The summed E-state index contributed by atoms with van der Waals surface area (Å²) in [6, 6.07) is 0.00894. The molecule has 0 aromatic heterocycles. The van der Waals surface area contributed by atoms with Gasteiger partial charge in [0.2, 0.25) is 5.91 Å². The van der Waals surface area contributed by atoms with Crippen molar-refractivity contribution in [3.05, 3.63) is 0 Å². The minimum Gasteiger partial charge on any atom is -0.394 e. The van der Waals surface area contributed by atoms with E-state index in [1.807, 2.05) is 6.92 Å². The molecule has 1 heterocycles. The Bertz CT molecular complexity index is 260. The SMILES string of the molecule is CC1COC(CO)CN1C(=O)CC(N)=S. The van der Waals surface area contributed by atoms with Gasteiger partial charge in [-0.2, -0.15) is 0 Å². The summed E-state index contributed by atoms with van der Waals surface area (Å²) < 4.78 is 5.32. The van der Waals surface area contributed by atoms with Gasteiger partial charge in [0.1, 0.15) is 0 Å². The molecule has 1 fully saturated rings. The molecular formula is C9H16N2O3S. The molecule has 0 radical (unpaired) electrons. The molecule has 86 valence electrons. The van der Waals surface area contributed by atoms with Crippen molar-refractivity contribution in [1.29, 1.82) is 0 Å². The Morgan fingerprint density at radius 3 is 2.93 bits per heavy atom. The van der Waals surface area contributed by atoms with E-state index >= 15 is 0 Å². The number of amides is 1. The van der Waals surface area contributed by atoms with Gasteiger partial charge < -0.3 is 20.5 Å². The second-order valence-electron chi connectivity index (χ2n) is 3.68. The molecule has 0 saturated carbocycles. The summed E-state index contributed by atoms with van der Waals surface area (Å²) in [4.78, 5) is 13.6. The minimum atomic E-state index is -0.295. The van der Waals surface area contributed by atoms with E-state index in [-0.39, 0.29) is 36.1 Å². The Kier molecular flexibility index (Phi) is 4.44. The number of hydrogen-bond donors (Lipinski definition) is 2. The van der Waals surface area contributed by atoms with Crippen LogP contribution in [-0.4, -0.2) is 52.8 Å². The largest absolute Gasteiger partial charge is 0.394 e. The summed E-state index contributed by atoms with van der Waals surface area (Å²) in [7, 11) is 0. The molecule has 0 aliphatic carbocycles. The molecular weight excluding hydrogens is 216 g/mol. The number of nitrogens with two attached hydrogens (primary N) is 1. The van der Waals surface area contributed by atoms with Gasteiger partial charge in [0.05, 0.1) is 36.8 Å². The molecule has 5 nitrogen and oxygen atoms in total. The first-order chi connectivity index (χ1) is 7.04. The van der Waals surface area contributed by atoms with Gasteiger partial charge in [-0.15, -0.1) is 0 Å². The van der Waals surface area contributed by atoms with Crippen LogP contribution in [0.2, 0.25) is 0 Å². The maximum Gasteiger partial charge on any atom is 0.229 e.